The summed E-state index contributed by atoms with van der Waals surface area (Å²) in [6, 6.07) is 12.2. The standard InChI is InChI=1S/C23H27N3O4S/c1-15-2-8-19(24-23(28)17-6-7-17)14-21(15)25-22(27)13-5-16-3-11-20(12-4-16)31(29,30)26-18-9-10-18/h2-4,8,11-12,14,17-18,26H,5-7,9-10,13H2,1H3,(H,24,28)(H,25,27). The molecule has 0 unspecified atom stereocenters. The summed E-state index contributed by atoms with van der Waals surface area (Å²) in [5.74, 6) is 0.00463. The van der Waals surface area contributed by atoms with Gasteiger partial charge in [-0.25, -0.2) is 13.1 Å². The van der Waals surface area contributed by atoms with Crippen LogP contribution in [0.3, 0.4) is 0 Å². The Bertz CT molecular complexity index is 1090. The molecule has 0 aliphatic heterocycles. The Labute approximate surface area is 182 Å². The van der Waals surface area contributed by atoms with Gasteiger partial charge in [0.2, 0.25) is 21.8 Å². The molecule has 0 aromatic heterocycles. The van der Waals surface area contributed by atoms with Crippen molar-refractivity contribution >= 4 is 33.2 Å². The second-order valence-corrected chi connectivity index (χ2v) is 10.1. The van der Waals surface area contributed by atoms with Crippen LogP contribution in [0.5, 0.6) is 0 Å². The molecule has 0 bridgehead atoms. The molecule has 4 rings (SSSR count). The highest BCUT2D eigenvalue weighted by atomic mass is 32.2. The van der Waals surface area contributed by atoms with Gasteiger partial charge in [0, 0.05) is 29.8 Å². The van der Waals surface area contributed by atoms with Crippen LogP contribution in [0.25, 0.3) is 0 Å². The van der Waals surface area contributed by atoms with E-state index in [1.54, 1.807) is 30.3 Å². The Morgan fingerprint density at radius 1 is 0.968 bits per heavy atom. The molecule has 2 aliphatic carbocycles. The molecule has 2 aliphatic rings. The summed E-state index contributed by atoms with van der Waals surface area (Å²) in [4.78, 5) is 24.6. The largest absolute Gasteiger partial charge is 0.326 e. The number of carbonyl (C=O) groups excluding carboxylic acids is 2. The van der Waals surface area contributed by atoms with E-state index in [-0.39, 0.29) is 35.1 Å². The van der Waals surface area contributed by atoms with E-state index >= 15 is 0 Å². The molecule has 0 saturated heterocycles. The van der Waals surface area contributed by atoms with E-state index in [9.17, 15) is 18.0 Å². The van der Waals surface area contributed by atoms with E-state index in [2.05, 4.69) is 15.4 Å². The average Bonchev–Trinajstić information content (AvgIpc) is 3.63. The Hall–Kier alpha value is -2.71. The Morgan fingerprint density at radius 3 is 2.32 bits per heavy atom. The molecule has 2 aromatic rings. The minimum atomic E-state index is -3.46. The van der Waals surface area contributed by atoms with Crippen LogP contribution < -0.4 is 15.4 Å². The summed E-state index contributed by atoms with van der Waals surface area (Å²) in [6.45, 7) is 1.90. The molecule has 0 heterocycles. The number of nitrogens with one attached hydrogen (secondary N) is 3. The number of rotatable bonds is 9. The maximum Gasteiger partial charge on any atom is 0.240 e. The molecule has 0 spiro atoms. The highest BCUT2D eigenvalue weighted by molar-refractivity contribution is 7.89. The van der Waals surface area contributed by atoms with Gasteiger partial charge in [-0.05, 0) is 74.4 Å². The highest BCUT2D eigenvalue weighted by Crippen LogP contribution is 2.31. The van der Waals surface area contributed by atoms with Crippen LogP contribution in [0.15, 0.2) is 47.4 Å². The monoisotopic (exact) mass is 441 g/mol. The summed E-state index contributed by atoms with van der Waals surface area (Å²) in [5.41, 5.74) is 3.15. The van der Waals surface area contributed by atoms with Crippen molar-refractivity contribution in [3.63, 3.8) is 0 Å². The summed E-state index contributed by atoms with van der Waals surface area (Å²) in [7, 11) is -3.46. The first-order valence-electron chi connectivity index (χ1n) is 10.6. The van der Waals surface area contributed by atoms with E-state index < -0.39 is 10.0 Å². The fourth-order valence-electron chi connectivity index (χ4n) is 3.22. The molecule has 2 aromatic carbocycles. The second-order valence-electron chi connectivity index (χ2n) is 8.38. The van der Waals surface area contributed by atoms with E-state index in [0.717, 1.165) is 36.8 Å². The van der Waals surface area contributed by atoms with Crippen LogP contribution in [-0.4, -0.2) is 26.3 Å². The third-order valence-corrected chi connectivity index (χ3v) is 7.04. The first kappa shape index (κ1) is 21.5. The zero-order valence-corrected chi connectivity index (χ0v) is 18.3. The van der Waals surface area contributed by atoms with E-state index in [1.807, 2.05) is 19.1 Å². The number of sulfonamides is 1. The van der Waals surface area contributed by atoms with Crippen molar-refractivity contribution in [1.29, 1.82) is 0 Å². The predicted octanol–water partition coefficient (Wildman–Crippen LogP) is 3.36. The van der Waals surface area contributed by atoms with E-state index in [1.165, 1.54) is 0 Å². The van der Waals surface area contributed by atoms with Crippen molar-refractivity contribution < 1.29 is 18.0 Å². The normalized spacial score (nSPS) is 16.0. The third kappa shape index (κ3) is 5.92. The van der Waals surface area contributed by atoms with Gasteiger partial charge in [0.25, 0.3) is 0 Å². The molecule has 8 heteroatoms. The minimum Gasteiger partial charge on any atom is -0.326 e. The molecule has 0 radical (unpaired) electrons. The van der Waals surface area contributed by atoms with Gasteiger partial charge < -0.3 is 10.6 Å². The number of anilines is 2. The summed E-state index contributed by atoms with van der Waals surface area (Å²) in [5, 5.41) is 5.80. The Kier molecular flexibility index (Phi) is 6.11. The lowest BCUT2D eigenvalue weighted by atomic mass is 10.1. The van der Waals surface area contributed by atoms with Gasteiger partial charge in [-0.15, -0.1) is 0 Å². The third-order valence-electron chi connectivity index (χ3n) is 5.50. The Morgan fingerprint density at radius 2 is 1.68 bits per heavy atom. The topological polar surface area (TPSA) is 104 Å². The molecule has 2 fully saturated rings. The first-order chi connectivity index (χ1) is 14.8. The van der Waals surface area contributed by atoms with Gasteiger partial charge >= 0.3 is 0 Å². The van der Waals surface area contributed by atoms with Gasteiger partial charge in [-0.3, -0.25) is 9.59 Å². The summed E-state index contributed by atoms with van der Waals surface area (Å²) < 4.78 is 27.1. The highest BCUT2D eigenvalue weighted by Gasteiger charge is 2.29. The molecule has 2 saturated carbocycles. The smallest absolute Gasteiger partial charge is 0.240 e. The van der Waals surface area contributed by atoms with Crippen LogP contribution in [0.1, 0.15) is 43.2 Å². The lowest BCUT2D eigenvalue weighted by Gasteiger charge is -2.12. The summed E-state index contributed by atoms with van der Waals surface area (Å²) in [6.07, 6.45) is 4.42. The molecule has 7 nitrogen and oxygen atoms in total. The maximum atomic E-state index is 12.4. The van der Waals surface area contributed by atoms with Gasteiger partial charge in [0.05, 0.1) is 4.90 Å². The predicted molar refractivity (Wildman–Crippen MR) is 119 cm³/mol. The van der Waals surface area contributed by atoms with Crippen molar-refractivity contribution in [3.05, 3.63) is 53.6 Å². The second kappa shape index (κ2) is 8.80. The van der Waals surface area contributed by atoms with E-state index in [4.69, 9.17) is 0 Å². The molecule has 0 atom stereocenters. The first-order valence-corrected chi connectivity index (χ1v) is 12.1. The van der Waals surface area contributed by atoms with Gasteiger partial charge in [-0.2, -0.15) is 0 Å². The van der Waals surface area contributed by atoms with E-state index in [0.29, 0.717) is 17.8 Å². The number of carbonyl (C=O) groups is 2. The molecule has 31 heavy (non-hydrogen) atoms. The fraction of sp³-hybridized carbons (Fsp3) is 0.391. The number of hydrogen-bond acceptors (Lipinski definition) is 4. The molecule has 3 N–H and O–H groups in total. The number of amides is 2. The average molecular weight is 442 g/mol. The van der Waals surface area contributed by atoms with Gasteiger partial charge in [0.15, 0.2) is 0 Å². The number of hydrogen-bond donors (Lipinski definition) is 3. The van der Waals surface area contributed by atoms with Crippen LogP contribution in [0.2, 0.25) is 0 Å². The maximum absolute atomic E-state index is 12.4. The number of aryl methyl sites for hydroxylation is 2. The van der Waals surface area contributed by atoms with Crippen LogP contribution in [0, 0.1) is 12.8 Å². The van der Waals surface area contributed by atoms with Gasteiger partial charge in [0.1, 0.15) is 0 Å². The Balaban J connectivity index is 1.31. The van der Waals surface area contributed by atoms with Crippen LogP contribution in [0.4, 0.5) is 11.4 Å². The minimum absolute atomic E-state index is 0.0268. The van der Waals surface area contributed by atoms with Crippen molar-refractivity contribution in [2.75, 3.05) is 10.6 Å². The van der Waals surface area contributed by atoms with Crippen LogP contribution in [-0.2, 0) is 26.0 Å². The fourth-order valence-corrected chi connectivity index (χ4v) is 4.52. The molecule has 164 valence electrons. The zero-order valence-electron chi connectivity index (χ0n) is 17.5. The molecule has 2 amide bonds. The lowest BCUT2D eigenvalue weighted by molar-refractivity contribution is -0.117. The quantitative estimate of drug-likeness (QED) is 0.555. The summed E-state index contributed by atoms with van der Waals surface area (Å²) >= 11 is 0. The SMILES string of the molecule is Cc1ccc(NC(=O)C2CC2)cc1NC(=O)CCc1ccc(S(=O)(=O)NC2CC2)cc1. The zero-order chi connectivity index (χ0) is 22.0. The lowest BCUT2D eigenvalue weighted by Crippen LogP contribution is -2.25. The van der Waals surface area contributed by atoms with Crippen molar-refractivity contribution in [2.24, 2.45) is 5.92 Å². The van der Waals surface area contributed by atoms with Crippen molar-refractivity contribution in [1.82, 2.24) is 4.72 Å². The van der Waals surface area contributed by atoms with Crippen molar-refractivity contribution in [3.8, 4) is 0 Å². The van der Waals surface area contributed by atoms with Crippen molar-refractivity contribution in [2.45, 2.75) is 56.4 Å². The number of benzene rings is 2. The van der Waals surface area contributed by atoms with Crippen LogP contribution >= 0.6 is 0 Å². The molecular weight excluding hydrogens is 414 g/mol. The molecular formula is C23H27N3O4S. The van der Waals surface area contributed by atoms with Gasteiger partial charge in [-0.1, -0.05) is 18.2 Å².